The first kappa shape index (κ1) is 13.8. The second-order valence-corrected chi connectivity index (χ2v) is 7.53. The minimum absolute atomic E-state index is 0.00885. The summed E-state index contributed by atoms with van der Waals surface area (Å²) < 4.78 is 11.5. The minimum Gasteiger partial charge on any atom is -0.633 e. The van der Waals surface area contributed by atoms with Crippen LogP contribution in [0.1, 0.15) is 17.5 Å². The number of hydrogen-bond acceptors (Lipinski definition) is 4. The van der Waals surface area contributed by atoms with Gasteiger partial charge in [0.1, 0.15) is 12.2 Å². The fourth-order valence-electron chi connectivity index (χ4n) is 5.54. The number of aliphatic hydroxyl groups excluding tert-OH is 1. The molecule has 0 aromatic heterocycles. The maximum absolute atomic E-state index is 13.0. The third-order valence-electron chi connectivity index (χ3n) is 6.58. The van der Waals surface area contributed by atoms with Crippen molar-refractivity contribution in [1.82, 2.24) is 0 Å². The Kier molecular flexibility index (Phi) is 2.46. The molecule has 23 heavy (non-hydrogen) atoms. The molecular weight excluding hydrogens is 294 g/mol. The molecule has 6 atom stereocenters. The summed E-state index contributed by atoms with van der Waals surface area (Å²) in [6.07, 6.45) is 4.43. The highest BCUT2D eigenvalue weighted by Crippen LogP contribution is 2.63. The van der Waals surface area contributed by atoms with Gasteiger partial charge in [-0.3, -0.25) is 0 Å². The second kappa shape index (κ2) is 4.09. The van der Waals surface area contributed by atoms with Crippen molar-refractivity contribution in [3.63, 3.8) is 0 Å². The Balaban J connectivity index is 1.82. The first-order chi connectivity index (χ1) is 11.0. The zero-order valence-corrected chi connectivity index (χ0v) is 13.4. The maximum atomic E-state index is 13.0. The molecule has 0 unspecified atom stereocenters. The van der Waals surface area contributed by atoms with Crippen molar-refractivity contribution >= 4 is 0 Å². The number of aliphatic hydroxyl groups is 1. The predicted molar refractivity (Wildman–Crippen MR) is 84.3 cm³/mol. The van der Waals surface area contributed by atoms with E-state index in [0.717, 1.165) is 24.3 Å². The van der Waals surface area contributed by atoms with Crippen LogP contribution in [0.15, 0.2) is 24.3 Å². The summed E-state index contributed by atoms with van der Waals surface area (Å²) >= 11 is 0. The molecule has 1 N–H and O–H groups in total. The van der Waals surface area contributed by atoms with Crippen molar-refractivity contribution in [2.24, 2.45) is 5.92 Å². The van der Waals surface area contributed by atoms with Gasteiger partial charge >= 0.3 is 0 Å². The third kappa shape index (κ3) is 1.44. The SMILES string of the molecule is COc1ccc2c3c1O[C@H]1[C@@H](O)C=C[C@H]4[C@@H](C2)[N@+](C)([O-])CC[C@@]341. The van der Waals surface area contributed by atoms with Gasteiger partial charge in [0.25, 0.3) is 0 Å². The summed E-state index contributed by atoms with van der Waals surface area (Å²) in [7, 11) is 3.43. The largest absolute Gasteiger partial charge is 0.633 e. The summed E-state index contributed by atoms with van der Waals surface area (Å²) in [5, 5.41) is 23.6. The lowest BCUT2D eigenvalue weighted by molar-refractivity contribution is -0.898. The van der Waals surface area contributed by atoms with Gasteiger partial charge < -0.3 is 24.4 Å². The molecule has 0 amide bonds. The van der Waals surface area contributed by atoms with Crippen LogP contribution >= 0.6 is 0 Å². The molecule has 1 aromatic carbocycles. The van der Waals surface area contributed by atoms with Crippen LogP contribution < -0.4 is 9.47 Å². The molecule has 1 spiro atoms. The van der Waals surface area contributed by atoms with E-state index in [1.807, 2.05) is 12.1 Å². The monoisotopic (exact) mass is 315 g/mol. The van der Waals surface area contributed by atoms with E-state index in [2.05, 4.69) is 12.1 Å². The summed E-state index contributed by atoms with van der Waals surface area (Å²) in [5.74, 6) is 1.62. The standard InChI is InChI=1S/C18H21NO4/c1-19(21)8-7-18-11-4-5-13(20)17(18)23-16-14(22-2)6-3-10(15(16)18)9-12(11)19/h3-6,11-13,17,20H,7-9H2,1-2H3/t11-,12+,13-,17-,18-,19+/m0/s1. The molecule has 0 radical (unpaired) electrons. The number of likely N-dealkylation sites (N-methyl/N-ethyl adjacent to an activating group) is 1. The first-order valence-electron chi connectivity index (χ1n) is 8.28. The lowest BCUT2D eigenvalue weighted by Gasteiger charge is -2.61. The third-order valence-corrected chi connectivity index (χ3v) is 6.58. The van der Waals surface area contributed by atoms with Crippen LogP contribution in [0.2, 0.25) is 0 Å². The van der Waals surface area contributed by atoms with Crippen molar-refractivity contribution in [3.05, 3.63) is 40.6 Å². The van der Waals surface area contributed by atoms with Gasteiger partial charge in [-0.15, -0.1) is 0 Å². The number of methoxy groups -OCH3 is 1. The number of quaternary nitrogens is 1. The molecule has 2 bridgehead atoms. The summed E-state index contributed by atoms with van der Waals surface area (Å²) in [4.78, 5) is 0. The van der Waals surface area contributed by atoms with E-state index in [1.165, 1.54) is 11.1 Å². The Morgan fingerprint density at radius 1 is 1.39 bits per heavy atom. The van der Waals surface area contributed by atoms with Gasteiger partial charge in [0.05, 0.1) is 32.2 Å². The lowest BCUT2D eigenvalue weighted by atomic mass is 9.53. The van der Waals surface area contributed by atoms with Crippen LogP contribution in [-0.2, 0) is 11.8 Å². The number of rotatable bonds is 1. The average molecular weight is 315 g/mol. The Hall–Kier alpha value is -1.56. The lowest BCUT2D eigenvalue weighted by Crippen LogP contribution is -2.69. The minimum atomic E-state index is -0.640. The Bertz CT molecular complexity index is 728. The highest BCUT2D eigenvalue weighted by molar-refractivity contribution is 5.61. The van der Waals surface area contributed by atoms with E-state index in [-0.39, 0.29) is 28.1 Å². The summed E-state index contributed by atoms with van der Waals surface area (Å²) in [6, 6.07) is 3.99. The van der Waals surface area contributed by atoms with Gasteiger partial charge in [0.2, 0.25) is 0 Å². The van der Waals surface area contributed by atoms with Crippen LogP contribution in [0.5, 0.6) is 11.5 Å². The Morgan fingerprint density at radius 3 is 3.00 bits per heavy atom. The highest BCUT2D eigenvalue weighted by Gasteiger charge is 2.66. The molecule has 1 fully saturated rings. The molecule has 0 saturated carbocycles. The van der Waals surface area contributed by atoms with Crippen molar-refractivity contribution in [3.8, 4) is 11.5 Å². The van der Waals surface area contributed by atoms with Crippen LogP contribution in [-0.4, -0.2) is 48.7 Å². The number of hydroxylamine groups is 3. The topological polar surface area (TPSA) is 61.8 Å². The van der Waals surface area contributed by atoms with Crippen molar-refractivity contribution in [1.29, 1.82) is 0 Å². The zero-order valence-electron chi connectivity index (χ0n) is 13.4. The Labute approximate surface area is 135 Å². The van der Waals surface area contributed by atoms with Gasteiger partial charge in [-0.05, 0) is 11.6 Å². The van der Waals surface area contributed by atoms with Crippen LogP contribution in [0.25, 0.3) is 0 Å². The number of likely N-dealkylation sites (tertiary alicyclic amines) is 1. The smallest absolute Gasteiger partial charge is 0.165 e. The van der Waals surface area contributed by atoms with Crippen LogP contribution in [0, 0.1) is 11.1 Å². The number of ether oxygens (including phenoxy) is 2. The zero-order chi connectivity index (χ0) is 16.0. The van der Waals surface area contributed by atoms with Gasteiger partial charge in [-0.25, -0.2) is 0 Å². The van der Waals surface area contributed by atoms with Crippen molar-refractivity contribution < 1.29 is 19.2 Å². The summed E-state index contributed by atoms with van der Waals surface area (Å²) in [6.45, 7) is 0.567. The molecule has 122 valence electrons. The number of nitrogens with zero attached hydrogens (tertiary/aromatic N) is 1. The van der Waals surface area contributed by atoms with Gasteiger partial charge in [-0.2, -0.15) is 0 Å². The van der Waals surface area contributed by atoms with E-state index >= 15 is 0 Å². The molecule has 1 saturated heterocycles. The molecule has 2 aliphatic heterocycles. The van der Waals surface area contributed by atoms with Crippen LogP contribution in [0.3, 0.4) is 0 Å². The normalized spacial score (nSPS) is 45.4. The van der Waals surface area contributed by atoms with E-state index < -0.39 is 6.10 Å². The van der Waals surface area contributed by atoms with Crippen molar-refractivity contribution in [2.45, 2.75) is 36.5 Å². The quantitative estimate of drug-likeness (QED) is 0.485. The van der Waals surface area contributed by atoms with Crippen molar-refractivity contribution in [2.75, 3.05) is 20.7 Å². The molecule has 5 nitrogen and oxygen atoms in total. The predicted octanol–water partition coefficient (Wildman–Crippen LogP) is 1.51. The van der Waals surface area contributed by atoms with Crippen LogP contribution in [0.4, 0.5) is 0 Å². The molecular formula is C18H21NO4. The van der Waals surface area contributed by atoms with E-state index in [4.69, 9.17) is 9.47 Å². The first-order valence-corrected chi connectivity index (χ1v) is 8.28. The van der Waals surface area contributed by atoms with Gasteiger partial charge in [0, 0.05) is 24.3 Å². The molecule has 2 aliphatic carbocycles. The molecule has 1 aromatic rings. The Morgan fingerprint density at radius 2 is 2.22 bits per heavy atom. The molecule has 5 heteroatoms. The van der Waals surface area contributed by atoms with E-state index in [9.17, 15) is 10.3 Å². The molecule has 4 aliphatic rings. The van der Waals surface area contributed by atoms with E-state index in [1.54, 1.807) is 14.2 Å². The average Bonchev–Trinajstić information content (AvgIpc) is 2.88. The number of piperidine rings is 1. The number of hydrogen-bond donors (Lipinski definition) is 1. The summed E-state index contributed by atoms with van der Waals surface area (Å²) in [5.41, 5.74) is 2.09. The van der Waals surface area contributed by atoms with Gasteiger partial charge in [0.15, 0.2) is 11.5 Å². The molecule has 5 rings (SSSR count). The highest BCUT2D eigenvalue weighted by atomic mass is 16.5. The van der Waals surface area contributed by atoms with Gasteiger partial charge in [-0.1, -0.05) is 18.2 Å². The fourth-order valence-corrected chi connectivity index (χ4v) is 5.54. The molecule has 2 heterocycles. The fraction of sp³-hybridized carbons (Fsp3) is 0.556. The van der Waals surface area contributed by atoms with E-state index in [0.29, 0.717) is 6.54 Å². The second-order valence-electron chi connectivity index (χ2n) is 7.53. The maximum Gasteiger partial charge on any atom is 0.165 e. The number of benzene rings is 1.